The van der Waals surface area contributed by atoms with Crippen LogP contribution in [0, 0.1) is 6.92 Å². The molecule has 1 saturated heterocycles. The zero-order valence-corrected chi connectivity index (χ0v) is 20.9. The Balaban J connectivity index is 1.81. The van der Waals surface area contributed by atoms with Crippen molar-refractivity contribution in [1.82, 2.24) is 15.5 Å². The van der Waals surface area contributed by atoms with Crippen molar-refractivity contribution in [1.29, 1.82) is 0 Å². The summed E-state index contributed by atoms with van der Waals surface area (Å²) in [5.74, 6) is -0.406. The fourth-order valence-corrected chi connectivity index (χ4v) is 5.02. The van der Waals surface area contributed by atoms with Crippen LogP contribution >= 0.6 is 11.8 Å². The van der Waals surface area contributed by atoms with Crippen LogP contribution in [0.5, 0.6) is 0 Å². The highest BCUT2D eigenvalue weighted by Gasteiger charge is 2.40. The first-order valence-corrected chi connectivity index (χ1v) is 12.5. The number of nitrogens with zero attached hydrogens (tertiary/aromatic N) is 1. The van der Waals surface area contributed by atoms with E-state index in [-0.39, 0.29) is 18.2 Å². The number of aliphatic hydroxyl groups excluding tert-OH is 1. The van der Waals surface area contributed by atoms with Gasteiger partial charge in [-0.05, 0) is 51.3 Å². The van der Waals surface area contributed by atoms with Gasteiger partial charge >= 0.3 is 0 Å². The fraction of sp³-hybridized carbons (Fsp3) is 0.423. The van der Waals surface area contributed by atoms with Gasteiger partial charge in [0.05, 0.1) is 11.9 Å². The molecule has 0 aromatic heterocycles. The minimum atomic E-state index is -1.50. The van der Waals surface area contributed by atoms with E-state index < -0.39 is 29.6 Å². The smallest absolute Gasteiger partial charge is 0.254 e. The third-order valence-electron chi connectivity index (χ3n) is 5.61. The van der Waals surface area contributed by atoms with Crippen LogP contribution < -0.4 is 10.6 Å². The summed E-state index contributed by atoms with van der Waals surface area (Å²) in [6.45, 7) is 7.48. The molecule has 1 heterocycles. The van der Waals surface area contributed by atoms with E-state index in [0.717, 1.165) is 11.1 Å². The van der Waals surface area contributed by atoms with Gasteiger partial charge in [-0.3, -0.25) is 14.4 Å². The van der Waals surface area contributed by atoms with Crippen LogP contribution in [0.25, 0.3) is 0 Å². The number of thioether (sulfide) groups is 1. The van der Waals surface area contributed by atoms with E-state index in [1.807, 2.05) is 70.2 Å². The van der Waals surface area contributed by atoms with E-state index in [1.165, 1.54) is 16.7 Å². The van der Waals surface area contributed by atoms with Gasteiger partial charge in [-0.2, -0.15) is 0 Å². The van der Waals surface area contributed by atoms with E-state index in [9.17, 15) is 19.5 Å². The van der Waals surface area contributed by atoms with Crippen molar-refractivity contribution in [3.63, 3.8) is 0 Å². The summed E-state index contributed by atoms with van der Waals surface area (Å²) in [7, 11) is 0. The molecule has 0 aliphatic carbocycles. The lowest BCUT2D eigenvalue weighted by atomic mass is 9.98. The zero-order chi connectivity index (χ0) is 24.9. The summed E-state index contributed by atoms with van der Waals surface area (Å²) in [4.78, 5) is 40.6. The molecule has 8 heteroatoms. The second-order valence-corrected chi connectivity index (χ2v) is 10.6. The molecule has 7 nitrogen and oxygen atoms in total. The summed E-state index contributed by atoms with van der Waals surface area (Å²) in [5.41, 5.74) is 1.73. The number of nitrogens with one attached hydrogen (secondary N) is 2. The maximum atomic E-state index is 13.4. The first-order valence-electron chi connectivity index (χ1n) is 11.4. The minimum Gasteiger partial charge on any atom is -0.381 e. The molecule has 0 bridgehead atoms. The summed E-state index contributed by atoms with van der Waals surface area (Å²) in [6.07, 6.45) is -1.23. The summed E-state index contributed by atoms with van der Waals surface area (Å²) >= 11 is 1.46. The third kappa shape index (κ3) is 6.61. The fourth-order valence-electron chi connectivity index (χ4n) is 3.86. The van der Waals surface area contributed by atoms with Crippen LogP contribution in [0.3, 0.4) is 0 Å². The molecule has 2 aromatic rings. The van der Waals surface area contributed by atoms with E-state index in [0.29, 0.717) is 17.2 Å². The Morgan fingerprint density at radius 3 is 2.38 bits per heavy atom. The van der Waals surface area contributed by atoms with E-state index in [1.54, 1.807) is 12.1 Å². The molecule has 34 heavy (non-hydrogen) atoms. The molecule has 1 fully saturated rings. The molecular weight excluding hydrogens is 450 g/mol. The lowest BCUT2D eigenvalue weighted by Crippen LogP contribution is -2.57. The largest absolute Gasteiger partial charge is 0.381 e. The maximum absolute atomic E-state index is 13.4. The van der Waals surface area contributed by atoms with Crippen molar-refractivity contribution in [3.8, 4) is 0 Å². The molecule has 182 valence electrons. The molecule has 0 spiro atoms. The molecule has 1 aliphatic rings. The average Bonchev–Trinajstić information content (AvgIpc) is 3.27. The lowest BCUT2D eigenvalue weighted by molar-refractivity contribution is -0.146. The highest BCUT2D eigenvalue weighted by molar-refractivity contribution is 7.99. The molecule has 0 saturated carbocycles. The molecule has 3 atom stereocenters. The van der Waals surface area contributed by atoms with Gasteiger partial charge in [0.25, 0.3) is 11.8 Å². The van der Waals surface area contributed by atoms with Crippen molar-refractivity contribution in [3.05, 3.63) is 71.3 Å². The van der Waals surface area contributed by atoms with Gasteiger partial charge in [-0.15, -0.1) is 11.8 Å². The number of carbonyl (C=O) groups is 3. The number of benzene rings is 2. The van der Waals surface area contributed by atoms with Crippen molar-refractivity contribution in [2.24, 2.45) is 0 Å². The van der Waals surface area contributed by atoms with Gasteiger partial charge in [0.1, 0.15) is 6.04 Å². The standard InChI is InChI=1S/C26H33N3O4S/c1-17-10-8-9-13-19(17)23(31)27-20(14-18-11-6-5-7-12-18)22(30)25(33)29-16-34-15-21(29)24(32)28-26(2,3)4/h5-13,20-22,30H,14-16H2,1-4H3,(H,27,31)(H,28,32)/t20-,21?,22-/m0/s1. The van der Waals surface area contributed by atoms with Crippen LogP contribution in [-0.2, 0) is 16.0 Å². The Bertz CT molecular complexity index is 1020. The first kappa shape index (κ1) is 25.8. The normalized spacial score (nSPS) is 17.7. The molecule has 3 N–H and O–H groups in total. The Hall–Kier alpha value is -2.84. The van der Waals surface area contributed by atoms with E-state index >= 15 is 0 Å². The van der Waals surface area contributed by atoms with Crippen LogP contribution in [0.1, 0.15) is 42.3 Å². The second-order valence-electron chi connectivity index (χ2n) is 9.59. The SMILES string of the molecule is Cc1ccccc1C(=O)N[C@@H](Cc1ccccc1)[C@H](O)C(=O)N1CSCC1C(=O)NC(C)(C)C. The molecule has 3 rings (SSSR count). The Morgan fingerprint density at radius 2 is 1.74 bits per heavy atom. The summed E-state index contributed by atoms with van der Waals surface area (Å²) in [5, 5.41) is 16.9. The van der Waals surface area contributed by atoms with Gasteiger partial charge in [-0.25, -0.2) is 0 Å². The Labute approximate surface area is 205 Å². The van der Waals surface area contributed by atoms with Crippen LogP contribution in [0.15, 0.2) is 54.6 Å². The number of rotatable bonds is 7. The number of amides is 3. The molecule has 1 aliphatic heterocycles. The molecule has 0 radical (unpaired) electrons. The first-order chi connectivity index (χ1) is 16.1. The van der Waals surface area contributed by atoms with Gasteiger partial charge in [0, 0.05) is 16.9 Å². The average molecular weight is 484 g/mol. The van der Waals surface area contributed by atoms with Gasteiger partial charge in [0.15, 0.2) is 6.10 Å². The molecule has 2 aromatic carbocycles. The highest BCUT2D eigenvalue weighted by atomic mass is 32.2. The number of hydrogen-bond donors (Lipinski definition) is 3. The Kier molecular flexibility index (Phi) is 8.38. The quantitative estimate of drug-likeness (QED) is 0.562. The molecule has 3 amide bonds. The highest BCUT2D eigenvalue weighted by Crippen LogP contribution is 2.24. The van der Waals surface area contributed by atoms with Gasteiger partial charge in [0.2, 0.25) is 5.91 Å². The van der Waals surface area contributed by atoms with E-state index in [4.69, 9.17) is 0 Å². The zero-order valence-electron chi connectivity index (χ0n) is 20.1. The van der Waals surface area contributed by atoms with Crippen molar-refractivity contribution in [2.75, 3.05) is 11.6 Å². The van der Waals surface area contributed by atoms with Crippen molar-refractivity contribution in [2.45, 2.75) is 57.8 Å². The van der Waals surface area contributed by atoms with Crippen LogP contribution in [0.2, 0.25) is 0 Å². The summed E-state index contributed by atoms with van der Waals surface area (Å²) in [6, 6.07) is 15.0. The molecular formula is C26H33N3O4S. The predicted molar refractivity (Wildman–Crippen MR) is 134 cm³/mol. The van der Waals surface area contributed by atoms with E-state index in [2.05, 4.69) is 10.6 Å². The number of hydrogen-bond acceptors (Lipinski definition) is 5. The van der Waals surface area contributed by atoms with Crippen LogP contribution in [0.4, 0.5) is 0 Å². The summed E-state index contributed by atoms with van der Waals surface area (Å²) < 4.78 is 0. The Morgan fingerprint density at radius 1 is 1.09 bits per heavy atom. The second kappa shape index (κ2) is 11.1. The third-order valence-corrected chi connectivity index (χ3v) is 6.62. The number of aliphatic hydroxyl groups is 1. The predicted octanol–water partition coefficient (Wildman–Crippen LogP) is 2.51. The maximum Gasteiger partial charge on any atom is 0.254 e. The van der Waals surface area contributed by atoms with Gasteiger partial charge in [-0.1, -0.05) is 48.5 Å². The monoisotopic (exact) mass is 483 g/mol. The number of aryl methyl sites for hydroxylation is 1. The lowest BCUT2D eigenvalue weighted by Gasteiger charge is -2.31. The van der Waals surface area contributed by atoms with Crippen molar-refractivity contribution < 1.29 is 19.5 Å². The van der Waals surface area contributed by atoms with Crippen molar-refractivity contribution >= 4 is 29.5 Å². The van der Waals surface area contributed by atoms with Crippen LogP contribution in [-0.4, -0.2) is 63.1 Å². The topological polar surface area (TPSA) is 98.7 Å². The number of carbonyl (C=O) groups excluding carboxylic acids is 3. The molecule has 1 unspecified atom stereocenters. The minimum absolute atomic E-state index is 0.249. The van der Waals surface area contributed by atoms with Gasteiger partial charge < -0.3 is 20.6 Å².